The quantitative estimate of drug-likeness (QED) is 0.608. The van der Waals surface area contributed by atoms with Crippen LogP contribution < -0.4 is 10.4 Å². The van der Waals surface area contributed by atoms with Crippen molar-refractivity contribution in [1.29, 1.82) is 0 Å². The third-order valence-electron chi connectivity index (χ3n) is 2.47. The van der Waals surface area contributed by atoms with Crippen LogP contribution in [0.25, 0.3) is 0 Å². The molecular formula is C11H12BNO2. The third-order valence-corrected chi connectivity index (χ3v) is 2.47. The van der Waals surface area contributed by atoms with Crippen molar-refractivity contribution < 1.29 is 9.53 Å². The Bertz CT molecular complexity index is 363. The van der Waals surface area contributed by atoms with Crippen LogP contribution in [0.5, 0.6) is 0 Å². The number of rotatable bonds is 1. The number of benzene rings is 1. The minimum absolute atomic E-state index is 0.00137. The molecule has 0 spiro atoms. The average molecular weight is 201 g/mol. The summed E-state index contributed by atoms with van der Waals surface area (Å²) in [5.74, 6) is -0.00137. The van der Waals surface area contributed by atoms with Crippen molar-refractivity contribution in [3.63, 3.8) is 0 Å². The summed E-state index contributed by atoms with van der Waals surface area (Å²) in [4.78, 5) is 13.4. The molecule has 2 radical (unpaired) electrons. The molecule has 0 unspecified atom stereocenters. The van der Waals surface area contributed by atoms with Crippen LogP contribution in [-0.4, -0.2) is 33.0 Å². The molecule has 3 nitrogen and oxygen atoms in total. The molecule has 1 atom stereocenters. The van der Waals surface area contributed by atoms with Gasteiger partial charge in [0.15, 0.2) is 0 Å². The molecule has 1 aromatic rings. The lowest BCUT2D eigenvalue weighted by Gasteiger charge is -2.33. The zero-order valence-corrected chi connectivity index (χ0v) is 8.64. The molecule has 0 bridgehead atoms. The standard InChI is InChI=1S/C11H12BNO2/c1-8-6-15-7-11(14)13(8)10-4-2-9(12)3-5-10/h2-5,8H,6-7H2,1H3/t8-/m1/s1. The first-order valence-corrected chi connectivity index (χ1v) is 4.94. The molecule has 76 valence electrons. The van der Waals surface area contributed by atoms with Crippen molar-refractivity contribution in [3.8, 4) is 0 Å². The Balaban J connectivity index is 2.27. The topological polar surface area (TPSA) is 29.5 Å². The molecule has 1 fully saturated rings. The summed E-state index contributed by atoms with van der Waals surface area (Å²) >= 11 is 0. The minimum atomic E-state index is -0.00137. The first kappa shape index (κ1) is 10.2. The van der Waals surface area contributed by atoms with E-state index in [9.17, 15) is 4.79 Å². The predicted octanol–water partition coefficient (Wildman–Crippen LogP) is 0.232. The van der Waals surface area contributed by atoms with Gasteiger partial charge >= 0.3 is 0 Å². The molecule has 15 heavy (non-hydrogen) atoms. The fourth-order valence-electron chi connectivity index (χ4n) is 1.74. The van der Waals surface area contributed by atoms with Crippen LogP contribution in [-0.2, 0) is 9.53 Å². The summed E-state index contributed by atoms with van der Waals surface area (Å²) in [6.45, 7) is 2.71. The van der Waals surface area contributed by atoms with E-state index in [2.05, 4.69) is 0 Å². The van der Waals surface area contributed by atoms with Gasteiger partial charge < -0.3 is 9.64 Å². The number of hydrogen-bond donors (Lipinski definition) is 0. The smallest absolute Gasteiger partial charge is 0.253 e. The van der Waals surface area contributed by atoms with E-state index < -0.39 is 0 Å². The first-order valence-electron chi connectivity index (χ1n) is 4.94. The highest BCUT2D eigenvalue weighted by atomic mass is 16.5. The van der Waals surface area contributed by atoms with Crippen molar-refractivity contribution in [2.75, 3.05) is 18.1 Å². The van der Waals surface area contributed by atoms with E-state index in [4.69, 9.17) is 12.6 Å². The molecule has 1 aliphatic heterocycles. The minimum Gasteiger partial charge on any atom is -0.369 e. The van der Waals surface area contributed by atoms with Crippen LogP contribution in [0.15, 0.2) is 24.3 Å². The van der Waals surface area contributed by atoms with E-state index in [0.29, 0.717) is 12.1 Å². The molecule has 1 saturated heterocycles. The molecule has 1 heterocycles. The zero-order chi connectivity index (χ0) is 10.8. The van der Waals surface area contributed by atoms with E-state index in [0.717, 1.165) is 5.69 Å². The lowest BCUT2D eigenvalue weighted by Crippen LogP contribution is -2.48. The van der Waals surface area contributed by atoms with Crippen molar-refractivity contribution in [1.82, 2.24) is 0 Å². The van der Waals surface area contributed by atoms with E-state index in [1.54, 1.807) is 17.0 Å². The highest BCUT2D eigenvalue weighted by Crippen LogP contribution is 2.18. The number of amides is 1. The lowest BCUT2D eigenvalue weighted by atomic mass is 9.96. The Kier molecular flexibility index (Phi) is 2.78. The maximum atomic E-state index is 11.7. The molecule has 1 amide bonds. The van der Waals surface area contributed by atoms with Gasteiger partial charge in [-0.1, -0.05) is 17.6 Å². The number of anilines is 1. The second-order valence-corrected chi connectivity index (χ2v) is 3.72. The summed E-state index contributed by atoms with van der Waals surface area (Å²) in [6.07, 6.45) is 0. The number of carbonyl (C=O) groups excluding carboxylic acids is 1. The van der Waals surface area contributed by atoms with Gasteiger partial charge in [-0.15, -0.1) is 0 Å². The summed E-state index contributed by atoms with van der Waals surface area (Å²) in [7, 11) is 5.60. The van der Waals surface area contributed by atoms with Crippen LogP contribution in [0.1, 0.15) is 6.92 Å². The normalized spacial score (nSPS) is 21.8. The summed E-state index contributed by atoms with van der Waals surface area (Å²) in [5, 5.41) is 0. The monoisotopic (exact) mass is 201 g/mol. The number of nitrogens with zero attached hydrogens (tertiary/aromatic N) is 1. The number of carbonyl (C=O) groups is 1. The lowest BCUT2D eigenvalue weighted by molar-refractivity contribution is -0.127. The second kappa shape index (κ2) is 4.07. The fraction of sp³-hybridized carbons (Fsp3) is 0.364. The Morgan fingerprint density at radius 3 is 2.67 bits per heavy atom. The number of ether oxygens (including phenoxy) is 1. The van der Waals surface area contributed by atoms with Gasteiger partial charge in [-0.2, -0.15) is 0 Å². The van der Waals surface area contributed by atoms with Gasteiger partial charge in [-0.05, 0) is 19.1 Å². The van der Waals surface area contributed by atoms with E-state index in [1.165, 1.54) is 0 Å². The predicted molar refractivity (Wildman–Crippen MR) is 59.6 cm³/mol. The maximum Gasteiger partial charge on any atom is 0.253 e. The number of morpholine rings is 1. The van der Waals surface area contributed by atoms with Crippen LogP contribution in [0.3, 0.4) is 0 Å². The van der Waals surface area contributed by atoms with Gasteiger partial charge in [-0.3, -0.25) is 4.79 Å². The van der Waals surface area contributed by atoms with Gasteiger partial charge in [0.2, 0.25) is 0 Å². The highest BCUT2D eigenvalue weighted by molar-refractivity contribution is 6.32. The largest absolute Gasteiger partial charge is 0.369 e. The Hall–Kier alpha value is -1.29. The average Bonchev–Trinajstić information content (AvgIpc) is 2.20. The van der Waals surface area contributed by atoms with Gasteiger partial charge in [0, 0.05) is 5.69 Å². The van der Waals surface area contributed by atoms with Crippen molar-refractivity contribution in [2.24, 2.45) is 0 Å². The molecular weight excluding hydrogens is 189 g/mol. The fourth-order valence-corrected chi connectivity index (χ4v) is 1.74. The van der Waals surface area contributed by atoms with Crippen molar-refractivity contribution in [3.05, 3.63) is 24.3 Å². The SMILES string of the molecule is [B]c1ccc(N2C(=O)COC[C@H]2C)cc1. The summed E-state index contributed by atoms with van der Waals surface area (Å²) < 4.78 is 5.15. The Labute approximate surface area is 90.4 Å². The van der Waals surface area contributed by atoms with Crippen LogP contribution in [0.2, 0.25) is 0 Å². The van der Waals surface area contributed by atoms with Crippen LogP contribution in [0.4, 0.5) is 5.69 Å². The number of hydrogen-bond acceptors (Lipinski definition) is 2. The van der Waals surface area contributed by atoms with Gasteiger partial charge in [0.1, 0.15) is 14.5 Å². The molecule has 0 saturated carbocycles. The molecule has 0 aliphatic carbocycles. The van der Waals surface area contributed by atoms with Gasteiger partial charge in [0.25, 0.3) is 5.91 Å². The zero-order valence-electron chi connectivity index (χ0n) is 8.64. The third kappa shape index (κ3) is 2.05. The van der Waals surface area contributed by atoms with Gasteiger partial charge in [-0.25, -0.2) is 0 Å². The van der Waals surface area contributed by atoms with Crippen molar-refractivity contribution >= 4 is 24.9 Å². The molecule has 1 aromatic carbocycles. The van der Waals surface area contributed by atoms with E-state index in [-0.39, 0.29) is 18.6 Å². The Morgan fingerprint density at radius 2 is 2.07 bits per heavy atom. The molecule has 0 aromatic heterocycles. The van der Waals surface area contributed by atoms with E-state index >= 15 is 0 Å². The van der Waals surface area contributed by atoms with Gasteiger partial charge in [0.05, 0.1) is 12.6 Å². The summed E-state index contributed by atoms with van der Waals surface area (Å²) in [5.41, 5.74) is 1.58. The molecule has 1 aliphatic rings. The van der Waals surface area contributed by atoms with E-state index in [1.807, 2.05) is 19.1 Å². The Morgan fingerprint density at radius 1 is 1.40 bits per heavy atom. The molecule has 4 heteroatoms. The van der Waals surface area contributed by atoms with Crippen LogP contribution in [0, 0.1) is 0 Å². The highest BCUT2D eigenvalue weighted by Gasteiger charge is 2.26. The summed E-state index contributed by atoms with van der Waals surface area (Å²) in [6, 6.07) is 7.38. The second-order valence-electron chi connectivity index (χ2n) is 3.72. The van der Waals surface area contributed by atoms with Crippen molar-refractivity contribution in [2.45, 2.75) is 13.0 Å². The first-order chi connectivity index (χ1) is 7.18. The van der Waals surface area contributed by atoms with Crippen LogP contribution >= 0.6 is 0 Å². The molecule has 2 rings (SSSR count). The molecule has 0 N–H and O–H groups in total. The maximum absolute atomic E-state index is 11.7.